The van der Waals surface area contributed by atoms with E-state index in [0.29, 0.717) is 18.6 Å². The fraction of sp³-hybridized carbons (Fsp3) is 0.417. The highest BCUT2D eigenvalue weighted by atomic mass is 16.5. The number of hydrogen-bond acceptors (Lipinski definition) is 2. The van der Waals surface area contributed by atoms with Gasteiger partial charge in [0.15, 0.2) is 0 Å². The first kappa shape index (κ1) is 12.6. The predicted molar refractivity (Wildman–Crippen MR) is 64.7 cm³/mol. The fourth-order valence-corrected chi connectivity index (χ4v) is 1.73. The SMILES string of the molecule is [B]/C(C=C)=C(\C)C1=C(C)OCCN1C(C)=O. The first-order valence-corrected chi connectivity index (χ1v) is 5.20. The summed E-state index contributed by atoms with van der Waals surface area (Å²) in [6.45, 7) is 9.94. The second-order valence-corrected chi connectivity index (χ2v) is 3.71. The molecule has 0 aromatic heterocycles. The minimum atomic E-state index is -0.00568. The fourth-order valence-electron chi connectivity index (χ4n) is 1.73. The maximum atomic E-state index is 11.5. The average Bonchev–Trinajstić information content (AvgIpc) is 2.26. The van der Waals surface area contributed by atoms with E-state index in [9.17, 15) is 4.79 Å². The Morgan fingerprint density at radius 1 is 1.56 bits per heavy atom. The standard InChI is InChI=1S/C12H16BNO2/c1-5-11(13)8(2)12-9(3)16-7-6-14(12)10(4)15/h5H,1,6-7H2,2-4H3/b11-8+. The van der Waals surface area contributed by atoms with Crippen LogP contribution < -0.4 is 0 Å². The van der Waals surface area contributed by atoms with E-state index >= 15 is 0 Å². The number of carbonyl (C=O) groups excluding carboxylic acids is 1. The molecule has 0 bridgehead atoms. The smallest absolute Gasteiger partial charge is 0.224 e. The molecule has 0 aromatic rings. The van der Waals surface area contributed by atoms with Gasteiger partial charge in [-0.3, -0.25) is 4.79 Å². The van der Waals surface area contributed by atoms with Gasteiger partial charge < -0.3 is 9.64 Å². The van der Waals surface area contributed by atoms with Crippen LogP contribution in [0, 0.1) is 0 Å². The molecule has 84 valence electrons. The van der Waals surface area contributed by atoms with Crippen LogP contribution in [0.15, 0.2) is 35.2 Å². The van der Waals surface area contributed by atoms with Gasteiger partial charge in [0.2, 0.25) is 5.91 Å². The number of hydrogen-bond donors (Lipinski definition) is 0. The van der Waals surface area contributed by atoms with Gasteiger partial charge in [0.1, 0.15) is 20.2 Å². The number of amides is 1. The van der Waals surface area contributed by atoms with Crippen LogP contribution >= 0.6 is 0 Å². The van der Waals surface area contributed by atoms with E-state index in [2.05, 4.69) is 6.58 Å². The van der Waals surface area contributed by atoms with E-state index in [0.717, 1.165) is 17.0 Å². The summed E-state index contributed by atoms with van der Waals surface area (Å²) in [7, 11) is 5.81. The van der Waals surface area contributed by atoms with Crippen molar-refractivity contribution in [1.29, 1.82) is 0 Å². The molecule has 0 spiro atoms. The average molecular weight is 217 g/mol. The molecule has 1 rings (SSSR count). The molecule has 0 N–H and O–H groups in total. The molecule has 3 nitrogen and oxygen atoms in total. The molecule has 0 fully saturated rings. The molecule has 0 aliphatic carbocycles. The van der Waals surface area contributed by atoms with Crippen molar-refractivity contribution >= 4 is 13.8 Å². The van der Waals surface area contributed by atoms with Crippen molar-refractivity contribution < 1.29 is 9.53 Å². The second kappa shape index (κ2) is 5.06. The molecule has 0 saturated carbocycles. The Morgan fingerprint density at radius 3 is 2.69 bits per heavy atom. The minimum absolute atomic E-state index is 0.00568. The zero-order valence-electron chi connectivity index (χ0n) is 10.0. The number of rotatable bonds is 2. The minimum Gasteiger partial charge on any atom is -0.494 e. The van der Waals surface area contributed by atoms with Gasteiger partial charge in [0, 0.05) is 6.92 Å². The lowest BCUT2D eigenvalue weighted by atomic mass is 9.88. The lowest BCUT2D eigenvalue weighted by Gasteiger charge is -2.31. The number of ether oxygens (including phenoxy) is 1. The topological polar surface area (TPSA) is 29.5 Å². The summed E-state index contributed by atoms with van der Waals surface area (Å²) in [6, 6.07) is 0. The van der Waals surface area contributed by atoms with Gasteiger partial charge in [-0.25, -0.2) is 0 Å². The van der Waals surface area contributed by atoms with Crippen molar-refractivity contribution in [3.63, 3.8) is 0 Å². The van der Waals surface area contributed by atoms with E-state index in [1.165, 1.54) is 6.92 Å². The van der Waals surface area contributed by atoms with Gasteiger partial charge in [0.05, 0.1) is 12.2 Å². The van der Waals surface area contributed by atoms with Gasteiger partial charge in [-0.2, -0.15) is 0 Å². The molecular weight excluding hydrogens is 201 g/mol. The molecule has 0 aromatic carbocycles. The Bertz CT molecular complexity index is 382. The third-order valence-electron chi connectivity index (χ3n) is 2.63. The summed E-state index contributed by atoms with van der Waals surface area (Å²) in [6.07, 6.45) is 1.57. The highest BCUT2D eigenvalue weighted by Gasteiger charge is 2.23. The van der Waals surface area contributed by atoms with Crippen LogP contribution in [0.2, 0.25) is 0 Å². The molecule has 1 amide bonds. The second-order valence-electron chi connectivity index (χ2n) is 3.71. The summed E-state index contributed by atoms with van der Waals surface area (Å²) < 4.78 is 5.45. The highest BCUT2D eigenvalue weighted by molar-refractivity contribution is 6.24. The Kier molecular flexibility index (Phi) is 3.99. The highest BCUT2D eigenvalue weighted by Crippen LogP contribution is 2.25. The van der Waals surface area contributed by atoms with Crippen LogP contribution in [0.25, 0.3) is 0 Å². The van der Waals surface area contributed by atoms with E-state index in [4.69, 9.17) is 12.6 Å². The van der Waals surface area contributed by atoms with Crippen molar-refractivity contribution in [2.75, 3.05) is 13.2 Å². The van der Waals surface area contributed by atoms with Crippen molar-refractivity contribution in [1.82, 2.24) is 4.90 Å². The number of allylic oxidation sites excluding steroid dienone is 4. The van der Waals surface area contributed by atoms with Gasteiger partial charge >= 0.3 is 0 Å². The van der Waals surface area contributed by atoms with E-state index in [1.54, 1.807) is 11.0 Å². The van der Waals surface area contributed by atoms with Crippen LogP contribution in [0.1, 0.15) is 20.8 Å². The molecule has 16 heavy (non-hydrogen) atoms. The summed E-state index contributed by atoms with van der Waals surface area (Å²) in [5.74, 6) is 0.720. The monoisotopic (exact) mass is 217 g/mol. The molecule has 1 aliphatic heterocycles. The molecule has 0 saturated heterocycles. The van der Waals surface area contributed by atoms with Crippen LogP contribution in [0.4, 0.5) is 0 Å². The van der Waals surface area contributed by atoms with E-state index < -0.39 is 0 Å². The first-order valence-electron chi connectivity index (χ1n) is 5.20. The third kappa shape index (κ3) is 2.38. The quantitative estimate of drug-likeness (QED) is 0.520. The summed E-state index contributed by atoms with van der Waals surface area (Å²) >= 11 is 0. The summed E-state index contributed by atoms with van der Waals surface area (Å²) in [5, 5.41) is 0. The van der Waals surface area contributed by atoms with Gasteiger partial charge in [0.25, 0.3) is 0 Å². The summed E-state index contributed by atoms with van der Waals surface area (Å²) in [4.78, 5) is 13.2. The van der Waals surface area contributed by atoms with Gasteiger partial charge in [-0.15, -0.1) is 0 Å². The Balaban J connectivity index is 3.24. The number of nitrogens with zero attached hydrogens (tertiary/aromatic N) is 1. The molecule has 2 radical (unpaired) electrons. The molecule has 4 heteroatoms. The maximum Gasteiger partial charge on any atom is 0.224 e. The van der Waals surface area contributed by atoms with Gasteiger partial charge in [-0.05, 0) is 19.4 Å². The largest absolute Gasteiger partial charge is 0.494 e. The molecule has 0 atom stereocenters. The van der Waals surface area contributed by atoms with Crippen molar-refractivity contribution in [2.45, 2.75) is 20.8 Å². The van der Waals surface area contributed by atoms with Crippen molar-refractivity contribution in [2.24, 2.45) is 0 Å². The number of carbonyl (C=O) groups is 1. The lowest BCUT2D eigenvalue weighted by Crippen LogP contribution is -2.36. The van der Waals surface area contributed by atoms with Crippen LogP contribution in [-0.4, -0.2) is 31.8 Å². The predicted octanol–water partition coefficient (Wildman–Crippen LogP) is 1.73. The zero-order chi connectivity index (χ0) is 12.3. The molecule has 1 aliphatic rings. The zero-order valence-corrected chi connectivity index (χ0v) is 10.0. The molecule has 0 unspecified atom stereocenters. The first-order chi connectivity index (χ1) is 7.49. The molecule has 1 heterocycles. The van der Waals surface area contributed by atoms with Crippen molar-refractivity contribution in [3.8, 4) is 0 Å². The van der Waals surface area contributed by atoms with Gasteiger partial charge in [-0.1, -0.05) is 18.1 Å². The summed E-state index contributed by atoms with van der Waals surface area (Å²) in [5.41, 5.74) is 2.14. The lowest BCUT2D eigenvalue weighted by molar-refractivity contribution is -0.128. The van der Waals surface area contributed by atoms with Crippen LogP contribution in [-0.2, 0) is 9.53 Å². The molecular formula is C12H16BNO2. The van der Waals surface area contributed by atoms with Crippen LogP contribution in [0.3, 0.4) is 0 Å². The van der Waals surface area contributed by atoms with Crippen molar-refractivity contribution in [3.05, 3.63) is 35.2 Å². The van der Waals surface area contributed by atoms with Crippen LogP contribution in [0.5, 0.6) is 0 Å². The Morgan fingerprint density at radius 2 is 2.19 bits per heavy atom. The third-order valence-corrected chi connectivity index (χ3v) is 2.63. The Hall–Kier alpha value is -1.45. The van der Waals surface area contributed by atoms with E-state index in [1.807, 2.05) is 13.8 Å². The van der Waals surface area contributed by atoms with E-state index in [-0.39, 0.29) is 5.91 Å². The Labute approximate surface area is 97.9 Å². The normalized spacial score (nSPS) is 17.8. The maximum absolute atomic E-state index is 11.5.